The fourth-order valence-electron chi connectivity index (χ4n) is 5.28. The third-order valence-corrected chi connectivity index (χ3v) is 7.80. The third kappa shape index (κ3) is 3.97. The van der Waals surface area contributed by atoms with Crippen LogP contribution < -0.4 is 9.05 Å². The van der Waals surface area contributed by atoms with Crippen molar-refractivity contribution in [3.8, 4) is 44.9 Å². The Morgan fingerprint density at radius 1 is 0.564 bits per heavy atom. The molecular weight excluding hydrogens is 517 g/mol. The lowest BCUT2D eigenvalue weighted by Gasteiger charge is -2.18. The van der Waals surface area contributed by atoms with Crippen LogP contribution in [0.3, 0.4) is 0 Å². The van der Waals surface area contributed by atoms with Gasteiger partial charge in [-0.25, -0.2) is 13.3 Å². The number of benzene rings is 6. The zero-order chi connectivity index (χ0) is 26.7. The van der Waals surface area contributed by atoms with Crippen LogP contribution in [0.1, 0.15) is 0 Å². The molecule has 7 rings (SSSR count). The molecule has 0 saturated carbocycles. The van der Waals surface area contributed by atoms with Gasteiger partial charge in [-0.1, -0.05) is 72.8 Å². The van der Waals surface area contributed by atoms with Crippen molar-refractivity contribution in [3.63, 3.8) is 0 Å². The van der Waals surface area contributed by atoms with Gasteiger partial charge in [-0.05, 0) is 69.1 Å². The van der Waals surface area contributed by atoms with Gasteiger partial charge in [0.15, 0.2) is 0 Å². The van der Waals surface area contributed by atoms with Gasteiger partial charge < -0.3 is 9.05 Å². The van der Waals surface area contributed by atoms with Crippen LogP contribution in [0, 0.1) is 11.6 Å². The van der Waals surface area contributed by atoms with E-state index in [4.69, 9.17) is 9.05 Å². The van der Waals surface area contributed by atoms with E-state index >= 15 is 0 Å². The molecule has 0 saturated heterocycles. The van der Waals surface area contributed by atoms with Crippen LogP contribution in [0.25, 0.3) is 54.9 Å². The molecule has 1 N–H and O–H groups in total. The normalized spacial score (nSPS) is 13.7. The van der Waals surface area contributed by atoms with Crippen LogP contribution in [-0.4, -0.2) is 4.89 Å². The summed E-state index contributed by atoms with van der Waals surface area (Å²) in [7, 11) is -4.71. The van der Waals surface area contributed by atoms with Crippen molar-refractivity contribution in [2.24, 2.45) is 0 Å². The summed E-state index contributed by atoms with van der Waals surface area (Å²) in [6, 6.07) is 30.8. The lowest BCUT2D eigenvalue weighted by Crippen LogP contribution is -2.00. The molecule has 7 heteroatoms. The van der Waals surface area contributed by atoms with Crippen molar-refractivity contribution in [3.05, 3.63) is 121 Å². The Kier molecular flexibility index (Phi) is 5.31. The number of fused-ring (bicyclic) bond motifs is 7. The maximum Gasteiger partial charge on any atom is 0.584 e. The minimum Gasteiger partial charge on any atom is -0.394 e. The van der Waals surface area contributed by atoms with Gasteiger partial charge in [0.1, 0.15) is 23.1 Å². The summed E-state index contributed by atoms with van der Waals surface area (Å²) in [5.74, 6) is -0.483. The summed E-state index contributed by atoms with van der Waals surface area (Å²) >= 11 is 0. The lowest BCUT2D eigenvalue weighted by molar-refractivity contribution is 0.295. The van der Waals surface area contributed by atoms with E-state index in [0.29, 0.717) is 33.4 Å². The molecule has 6 aromatic rings. The summed E-state index contributed by atoms with van der Waals surface area (Å²) < 4.78 is 52.9. The zero-order valence-corrected chi connectivity index (χ0v) is 21.2. The van der Waals surface area contributed by atoms with E-state index < -0.39 is 19.5 Å². The molecule has 0 radical (unpaired) electrons. The van der Waals surface area contributed by atoms with Gasteiger partial charge in [-0.15, -0.1) is 0 Å². The Hall–Kier alpha value is -4.51. The zero-order valence-electron chi connectivity index (χ0n) is 20.3. The number of hydrogen-bond donors (Lipinski definition) is 1. The maximum absolute atomic E-state index is 13.8. The Labute approximate surface area is 222 Å². The fourth-order valence-corrected chi connectivity index (χ4v) is 6.16. The number of phosphoric acid groups is 1. The van der Waals surface area contributed by atoms with Crippen LogP contribution in [0.5, 0.6) is 11.5 Å². The first kappa shape index (κ1) is 23.6. The quantitative estimate of drug-likeness (QED) is 0.224. The minimum atomic E-state index is -4.71. The SMILES string of the molecule is O=P1(O)Oc2c(-c3ccc(F)cc3)cc3ccccc3c2-c2c(c(-c3ccc(F)cc3)cc3ccccc23)O1. The van der Waals surface area contributed by atoms with Gasteiger partial charge >= 0.3 is 7.82 Å². The molecular formula is C32H19F2O4P. The molecule has 1 aliphatic heterocycles. The highest BCUT2D eigenvalue weighted by Gasteiger charge is 2.37. The molecule has 0 aromatic heterocycles. The average Bonchev–Trinajstić information content (AvgIpc) is 3.06. The molecule has 1 heterocycles. The van der Waals surface area contributed by atoms with Gasteiger partial charge in [0, 0.05) is 22.3 Å². The summed E-state index contributed by atoms with van der Waals surface area (Å²) in [5, 5.41) is 3.28. The van der Waals surface area contributed by atoms with E-state index in [2.05, 4.69) is 0 Å². The molecule has 39 heavy (non-hydrogen) atoms. The van der Waals surface area contributed by atoms with Gasteiger partial charge in [0.2, 0.25) is 0 Å². The van der Waals surface area contributed by atoms with Crippen LogP contribution in [0.2, 0.25) is 0 Å². The lowest BCUT2D eigenvalue weighted by atomic mass is 9.86. The maximum atomic E-state index is 13.8. The highest BCUT2D eigenvalue weighted by molar-refractivity contribution is 7.48. The van der Waals surface area contributed by atoms with Gasteiger partial charge in [0.05, 0.1) is 0 Å². The van der Waals surface area contributed by atoms with E-state index in [1.54, 1.807) is 24.3 Å². The van der Waals surface area contributed by atoms with E-state index in [1.165, 1.54) is 24.3 Å². The summed E-state index contributed by atoms with van der Waals surface area (Å²) in [4.78, 5) is 11.0. The molecule has 6 aromatic carbocycles. The largest absolute Gasteiger partial charge is 0.584 e. The number of rotatable bonds is 2. The second-order valence-corrected chi connectivity index (χ2v) is 10.7. The molecule has 0 amide bonds. The van der Waals surface area contributed by atoms with Gasteiger partial charge in [0.25, 0.3) is 0 Å². The van der Waals surface area contributed by atoms with Gasteiger partial charge in [-0.3, -0.25) is 4.89 Å². The Bertz CT molecular complexity index is 1830. The number of hydrogen-bond acceptors (Lipinski definition) is 3. The first-order valence-electron chi connectivity index (χ1n) is 12.2. The first-order chi connectivity index (χ1) is 18.9. The van der Waals surface area contributed by atoms with Crippen molar-refractivity contribution in [1.29, 1.82) is 0 Å². The van der Waals surface area contributed by atoms with E-state index in [0.717, 1.165) is 21.5 Å². The topological polar surface area (TPSA) is 55.8 Å². The first-order valence-corrected chi connectivity index (χ1v) is 13.7. The molecule has 1 aliphatic rings. The average molecular weight is 536 g/mol. The molecule has 0 fully saturated rings. The van der Waals surface area contributed by atoms with Crippen LogP contribution >= 0.6 is 7.82 Å². The Morgan fingerprint density at radius 3 is 1.36 bits per heavy atom. The van der Waals surface area contributed by atoms with Gasteiger partial charge in [-0.2, -0.15) is 0 Å². The van der Waals surface area contributed by atoms with Crippen LogP contribution in [0.4, 0.5) is 8.78 Å². The Morgan fingerprint density at radius 2 is 0.949 bits per heavy atom. The predicted octanol–water partition coefficient (Wildman–Crippen LogP) is 9.14. The monoisotopic (exact) mass is 536 g/mol. The summed E-state index contributed by atoms with van der Waals surface area (Å²) in [6.45, 7) is 0. The van der Waals surface area contributed by atoms with Crippen LogP contribution in [-0.2, 0) is 4.57 Å². The standard InChI is InChI=1S/C32H19F2O4P/c33-23-13-9-19(10-14-23)27-17-21-5-1-3-7-25(21)29-30-26-8-4-2-6-22(26)18-28(20-11-15-24(34)16-12-20)32(30)38-39(35,36)37-31(27)29/h1-18H,(H,35,36). The molecule has 190 valence electrons. The molecule has 0 spiro atoms. The van der Waals surface area contributed by atoms with Crippen molar-refractivity contribution in [2.75, 3.05) is 0 Å². The number of halogens is 2. The molecule has 4 nitrogen and oxygen atoms in total. The van der Waals surface area contributed by atoms with Crippen LogP contribution in [0.15, 0.2) is 109 Å². The second-order valence-electron chi connectivity index (χ2n) is 9.36. The van der Waals surface area contributed by atoms with E-state index in [9.17, 15) is 18.2 Å². The predicted molar refractivity (Wildman–Crippen MR) is 149 cm³/mol. The van der Waals surface area contributed by atoms with Crippen molar-refractivity contribution in [2.45, 2.75) is 0 Å². The minimum absolute atomic E-state index is 0.159. The fraction of sp³-hybridized carbons (Fsp3) is 0. The summed E-state index contributed by atoms with van der Waals surface area (Å²) in [6.07, 6.45) is 0. The molecule has 0 atom stereocenters. The highest BCUT2D eigenvalue weighted by atomic mass is 31.2. The Balaban J connectivity index is 1.69. The highest BCUT2D eigenvalue weighted by Crippen LogP contribution is 2.61. The van der Waals surface area contributed by atoms with Crippen molar-refractivity contribution in [1.82, 2.24) is 0 Å². The molecule has 0 aliphatic carbocycles. The third-order valence-electron chi connectivity index (χ3n) is 6.98. The summed E-state index contributed by atoms with van der Waals surface area (Å²) in [5.41, 5.74) is 3.42. The van der Waals surface area contributed by atoms with Crippen molar-refractivity contribution >= 4 is 29.4 Å². The van der Waals surface area contributed by atoms with E-state index in [-0.39, 0.29) is 11.5 Å². The smallest absolute Gasteiger partial charge is 0.394 e. The molecule has 0 bridgehead atoms. The van der Waals surface area contributed by atoms with E-state index in [1.807, 2.05) is 60.7 Å². The number of phosphoric ester groups is 1. The van der Waals surface area contributed by atoms with Crippen molar-refractivity contribution < 1.29 is 27.3 Å². The molecule has 0 unspecified atom stereocenters. The second kappa shape index (κ2) is 8.77.